The van der Waals surface area contributed by atoms with Crippen LogP contribution >= 0.6 is 0 Å². The summed E-state index contributed by atoms with van der Waals surface area (Å²) >= 11 is 0. The van der Waals surface area contributed by atoms with Crippen LogP contribution in [0.1, 0.15) is 62.2 Å². The molecule has 0 bridgehead atoms. The first-order chi connectivity index (χ1) is 18.0. The number of rotatable bonds is 11. The van der Waals surface area contributed by atoms with Crippen LogP contribution in [0, 0.1) is 5.92 Å². The molecule has 0 aliphatic carbocycles. The largest absolute Gasteiger partial charge is 0.369 e. The molecule has 2 aliphatic rings. The molecule has 2 saturated heterocycles. The molecule has 2 aliphatic heterocycles. The van der Waals surface area contributed by atoms with Crippen LogP contribution < -0.4 is 21.3 Å². The number of unbranched alkanes of at least 4 members (excludes halogenated alkanes) is 1. The van der Waals surface area contributed by atoms with Gasteiger partial charge in [-0.05, 0) is 75.4 Å². The maximum atomic E-state index is 13.2. The summed E-state index contributed by atoms with van der Waals surface area (Å²) in [5.74, 6) is 1.09. The third-order valence-corrected chi connectivity index (χ3v) is 8.78. The molecule has 10 nitrogen and oxygen atoms in total. The van der Waals surface area contributed by atoms with Gasteiger partial charge in [-0.15, -0.1) is 0 Å². The van der Waals surface area contributed by atoms with Gasteiger partial charge in [-0.25, -0.2) is 13.4 Å². The number of anilines is 3. The summed E-state index contributed by atoms with van der Waals surface area (Å²) in [5.41, 5.74) is 0.852. The first-order valence-corrected chi connectivity index (χ1v) is 14.9. The van der Waals surface area contributed by atoms with Gasteiger partial charge in [0.1, 0.15) is 11.4 Å². The van der Waals surface area contributed by atoms with Crippen molar-refractivity contribution in [1.29, 1.82) is 0 Å². The zero-order chi connectivity index (χ0) is 26.1. The predicted molar refractivity (Wildman–Crippen MR) is 147 cm³/mol. The summed E-state index contributed by atoms with van der Waals surface area (Å²) in [6.07, 6.45) is 8.69. The third-order valence-electron chi connectivity index (χ3n) is 6.87. The Bertz CT molecular complexity index is 1130. The topological polar surface area (TPSA) is 128 Å². The van der Waals surface area contributed by atoms with Gasteiger partial charge in [-0.3, -0.25) is 4.79 Å². The highest BCUT2D eigenvalue weighted by molar-refractivity contribution is 7.89. The van der Waals surface area contributed by atoms with E-state index in [0.717, 1.165) is 64.6 Å². The molecular weight excluding hydrogens is 490 g/mol. The minimum absolute atomic E-state index is 0.238. The van der Waals surface area contributed by atoms with Crippen molar-refractivity contribution in [2.45, 2.75) is 56.8 Å². The molecule has 2 fully saturated rings. The summed E-state index contributed by atoms with van der Waals surface area (Å²) in [4.78, 5) is 22.4. The number of carbonyl (C=O) groups is 1. The monoisotopic (exact) mass is 529 g/mol. The van der Waals surface area contributed by atoms with Gasteiger partial charge in [0.25, 0.3) is 5.91 Å². The maximum absolute atomic E-state index is 13.2. The second-order valence-corrected chi connectivity index (χ2v) is 11.7. The number of benzene rings is 1. The third kappa shape index (κ3) is 7.39. The second kappa shape index (κ2) is 13.2. The molecule has 1 amide bonds. The first kappa shape index (κ1) is 27.3. The highest BCUT2D eigenvalue weighted by Crippen LogP contribution is 2.23. The molecule has 1 atom stereocenters. The number of nitrogens with one attached hydrogen (secondary N) is 4. The van der Waals surface area contributed by atoms with E-state index in [2.05, 4.69) is 38.2 Å². The molecule has 1 aromatic heterocycles. The number of amides is 1. The van der Waals surface area contributed by atoms with Crippen molar-refractivity contribution in [2.24, 2.45) is 5.92 Å². The lowest BCUT2D eigenvalue weighted by molar-refractivity contribution is 0.102. The van der Waals surface area contributed by atoms with Gasteiger partial charge < -0.3 is 21.3 Å². The van der Waals surface area contributed by atoms with E-state index < -0.39 is 10.0 Å². The normalized spacial score (nSPS) is 18.8. The molecule has 37 heavy (non-hydrogen) atoms. The lowest BCUT2D eigenvalue weighted by Gasteiger charge is -2.25. The highest BCUT2D eigenvalue weighted by atomic mass is 32.2. The van der Waals surface area contributed by atoms with Gasteiger partial charge in [0.05, 0.1) is 4.90 Å². The number of hydrogen-bond donors (Lipinski definition) is 4. The van der Waals surface area contributed by atoms with Crippen LogP contribution in [-0.2, 0) is 10.0 Å². The number of sulfonamides is 1. The molecule has 1 aromatic carbocycles. The molecular formula is C26H39N7O3S. The van der Waals surface area contributed by atoms with E-state index in [1.54, 1.807) is 24.3 Å². The van der Waals surface area contributed by atoms with Crippen molar-refractivity contribution < 1.29 is 13.2 Å². The Labute approximate surface area is 220 Å². The number of carbonyl (C=O) groups excluding carboxylic acids is 1. The Morgan fingerprint density at radius 2 is 1.89 bits per heavy atom. The number of hydrogen-bond acceptors (Lipinski definition) is 8. The van der Waals surface area contributed by atoms with Crippen LogP contribution in [0.4, 0.5) is 17.5 Å². The van der Waals surface area contributed by atoms with E-state index in [9.17, 15) is 13.2 Å². The van der Waals surface area contributed by atoms with Crippen molar-refractivity contribution >= 4 is 33.4 Å². The Hall–Kier alpha value is -2.76. The lowest BCUT2D eigenvalue weighted by Crippen LogP contribution is -2.35. The van der Waals surface area contributed by atoms with Crippen LogP contribution in [0.3, 0.4) is 0 Å². The van der Waals surface area contributed by atoms with Gasteiger partial charge in [0.15, 0.2) is 0 Å². The predicted octanol–water partition coefficient (Wildman–Crippen LogP) is 3.53. The van der Waals surface area contributed by atoms with Crippen molar-refractivity contribution in [3.8, 4) is 0 Å². The quantitative estimate of drug-likeness (QED) is 0.326. The minimum Gasteiger partial charge on any atom is -0.369 e. The summed E-state index contributed by atoms with van der Waals surface area (Å²) in [7, 11) is -3.52. The van der Waals surface area contributed by atoms with Gasteiger partial charge >= 0.3 is 0 Å². The first-order valence-electron chi connectivity index (χ1n) is 13.4. The highest BCUT2D eigenvalue weighted by Gasteiger charge is 2.26. The smallest absolute Gasteiger partial charge is 0.260 e. The SMILES string of the molecule is CCCCNc1ncc(C(=O)Nc2ccc(S(=O)(=O)N3CCCCC3)cc2)c(NCC2CCCNC2)n1. The van der Waals surface area contributed by atoms with Gasteiger partial charge in [0.2, 0.25) is 16.0 Å². The van der Waals surface area contributed by atoms with Crippen molar-refractivity contribution in [1.82, 2.24) is 19.6 Å². The molecule has 0 spiro atoms. The molecule has 0 saturated carbocycles. The minimum atomic E-state index is -3.52. The Morgan fingerprint density at radius 3 is 2.59 bits per heavy atom. The average Bonchev–Trinajstić information content (AvgIpc) is 2.93. The molecule has 202 valence electrons. The molecule has 4 N–H and O–H groups in total. The summed E-state index contributed by atoms with van der Waals surface area (Å²) < 4.78 is 27.4. The molecule has 4 rings (SSSR count). The standard InChI is InChI=1S/C26H39N7O3S/c1-2-3-14-28-26-30-19-23(24(32-26)29-18-20-8-7-13-27-17-20)25(34)31-21-9-11-22(12-10-21)37(35,36)33-15-5-4-6-16-33/h9-12,19-20,27H,2-8,13-18H2,1H3,(H,31,34)(H2,28,29,30,32). The fourth-order valence-corrected chi connectivity index (χ4v) is 6.16. The maximum Gasteiger partial charge on any atom is 0.260 e. The summed E-state index contributed by atoms with van der Waals surface area (Å²) in [6, 6.07) is 6.34. The van der Waals surface area contributed by atoms with Crippen LogP contribution in [0.15, 0.2) is 35.4 Å². The van der Waals surface area contributed by atoms with Crippen molar-refractivity contribution in [3.05, 3.63) is 36.0 Å². The van der Waals surface area contributed by atoms with E-state index in [4.69, 9.17) is 0 Å². The Balaban J connectivity index is 1.46. The zero-order valence-corrected chi connectivity index (χ0v) is 22.4. The van der Waals surface area contributed by atoms with E-state index >= 15 is 0 Å². The van der Waals surface area contributed by atoms with E-state index in [1.165, 1.54) is 10.5 Å². The average molecular weight is 530 g/mol. The molecule has 11 heteroatoms. The number of piperidine rings is 2. The lowest BCUT2D eigenvalue weighted by atomic mass is 10.00. The van der Waals surface area contributed by atoms with E-state index in [0.29, 0.717) is 48.6 Å². The fourth-order valence-electron chi connectivity index (χ4n) is 4.65. The van der Waals surface area contributed by atoms with Crippen LogP contribution in [0.2, 0.25) is 0 Å². The zero-order valence-electron chi connectivity index (χ0n) is 21.6. The molecule has 1 unspecified atom stereocenters. The number of nitrogens with zero attached hydrogens (tertiary/aromatic N) is 3. The van der Waals surface area contributed by atoms with E-state index in [1.807, 2.05) is 0 Å². The number of aromatic nitrogens is 2. The Morgan fingerprint density at radius 1 is 1.11 bits per heavy atom. The summed E-state index contributed by atoms with van der Waals surface area (Å²) in [5, 5.41) is 12.9. The van der Waals surface area contributed by atoms with Gasteiger partial charge in [0, 0.05) is 38.1 Å². The fraction of sp³-hybridized carbons (Fsp3) is 0.577. The van der Waals surface area contributed by atoms with Crippen LogP contribution in [0.5, 0.6) is 0 Å². The summed E-state index contributed by atoms with van der Waals surface area (Å²) in [6.45, 7) is 6.68. The molecule has 2 aromatic rings. The Kier molecular flexibility index (Phi) is 9.70. The molecule has 3 heterocycles. The van der Waals surface area contributed by atoms with E-state index in [-0.39, 0.29) is 10.8 Å². The van der Waals surface area contributed by atoms with Crippen molar-refractivity contribution in [3.63, 3.8) is 0 Å². The van der Waals surface area contributed by atoms with Gasteiger partial charge in [-0.2, -0.15) is 9.29 Å². The van der Waals surface area contributed by atoms with Crippen LogP contribution in [0.25, 0.3) is 0 Å². The van der Waals surface area contributed by atoms with Crippen molar-refractivity contribution in [2.75, 3.05) is 55.2 Å². The molecule has 0 radical (unpaired) electrons. The second-order valence-electron chi connectivity index (χ2n) is 9.77. The van der Waals surface area contributed by atoms with Crippen LogP contribution in [-0.4, -0.2) is 67.9 Å². The van der Waals surface area contributed by atoms with Gasteiger partial charge in [-0.1, -0.05) is 19.8 Å².